The van der Waals surface area contributed by atoms with Crippen LogP contribution in [0.15, 0.2) is 28.7 Å². The minimum absolute atomic E-state index is 0.162. The highest BCUT2D eigenvalue weighted by atomic mass is 16.4. The number of aromatic nitrogens is 1. The standard InChI is InChI=1S/C15H20N2O/c1-5-12-13(17-14(16)18-12)10-6-8-11(9-7-10)15(2,3)4/h6-9H,5H2,1-4H3,(H2,16,17). The van der Waals surface area contributed by atoms with Crippen molar-refractivity contribution in [3.05, 3.63) is 35.6 Å². The molecule has 0 saturated heterocycles. The van der Waals surface area contributed by atoms with Gasteiger partial charge < -0.3 is 10.2 Å². The second-order valence-corrected chi connectivity index (χ2v) is 5.50. The highest BCUT2D eigenvalue weighted by molar-refractivity contribution is 5.63. The number of oxazole rings is 1. The first-order valence-electron chi connectivity index (χ1n) is 6.28. The zero-order valence-corrected chi connectivity index (χ0v) is 11.4. The van der Waals surface area contributed by atoms with E-state index in [-0.39, 0.29) is 11.4 Å². The Labute approximate surface area is 108 Å². The molecule has 3 nitrogen and oxygen atoms in total. The number of rotatable bonds is 2. The molecule has 1 aromatic carbocycles. The van der Waals surface area contributed by atoms with Gasteiger partial charge in [-0.1, -0.05) is 52.0 Å². The van der Waals surface area contributed by atoms with Crippen LogP contribution in [0.3, 0.4) is 0 Å². The first kappa shape index (κ1) is 12.7. The van der Waals surface area contributed by atoms with Crippen LogP contribution in [-0.4, -0.2) is 4.98 Å². The topological polar surface area (TPSA) is 52.0 Å². The summed E-state index contributed by atoms with van der Waals surface area (Å²) in [6.45, 7) is 8.64. The minimum atomic E-state index is 0.162. The molecule has 0 amide bonds. The number of nitrogen functional groups attached to an aromatic ring is 1. The zero-order valence-electron chi connectivity index (χ0n) is 11.4. The smallest absolute Gasteiger partial charge is 0.292 e. The maximum atomic E-state index is 5.61. The Morgan fingerprint density at radius 3 is 2.28 bits per heavy atom. The summed E-state index contributed by atoms with van der Waals surface area (Å²) in [5.74, 6) is 0.844. The molecule has 3 heteroatoms. The lowest BCUT2D eigenvalue weighted by molar-refractivity contribution is 0.530. The number of aryl methyl sites for hydroxylation is 1. The van der Waals surface area contributed by atoms with Crippen molar-refractivity contribution in [2.45, 2.75) is 39.5 Å². The lowest BCUT2D eigenvalue weighted by atomic mass is 9.86. The summed E-state index contributed by atoms with van der Waals surface area (Å²) in [4.78, 5) is 4.25. The lowest BCUT2D eigenvalue weighted by Crippen LogP contribution is -2.10. The van der Waals surface area contributed by atoms with Gasteiger partial charge in [-0.3, -0.25) is 0 Å². The molecule has 0 unspecified atom stereocenters. The van der Waals surface area contributed by atoms with Crippen molar-refractivity contribution in [3.8, 4) is 11.3 Å². The molecule has 96 valence electrons. The first-order chi connectivity index (χ1) is 8.41. The molecular weight excluding hydrogens is 224 g/mol. The van der Waals surface area contributed by atoms with Crippen molar-refractivity contribution < 1.29 is 4.42 Å². The van der Waals surface area contributed by atoms with Gasteiger partial charge in [-0.05, 0) is 11.0 Å². The highest BCUT2D eigenvalue weighted by Gasteiger charge is 2.15. The van der Waals surface area contributed by atoms with E-state index in [0.717, 1.165) is 23.4 Å². The summed E-state index contributed by atoms with van der Waals surface area (Å²) in [5.41, 5.74) is 8.99. The molecule has 2 aromatic rings. The molecular formula is C15H20N2O. The van der Waals surface area contributed by atoms with Crippen LogP contribution in [0.5, 0.6) is 0 Å². The number of hydrogen-bond donors (Lipinski definition) is 1. The van der Waals surface area contributed by atoms with E-state index in [9.17, 15) is 0 Å². The van der Waals surface area contributed by atoms with Crippen molar-refractivity contribution in [1.29, 1.82) is 0 Å². The van der Waals surface area contributed by atoms with Gasteiger partial charge in [0.1, 0.15) is 11.5 Å². The summed E-state index contributed by atoms with van der Waals surface area (Å²) >= 11 is 0. The zero-order chi connectivity index (χ0) is 13.3. The number of nitrogens with zero attached hydrogens (tertiary/aromatic N) is 1. The molecule has 0 bridgehead atoms. The fraction of sp³-hybridized carbons (Fsp3) is 0.400. The predicted octanol–water partition coefficient (Wildman–Crippen LogP) is 3.78. The van der Waals surface area contributed by atoms with Gasteiger partial charge in [0.2, 0.25) is 0 Å². The van der Waals surface area contributed by atoms with Gasteiger partial charge in [-0.2, -0.15) is 4.98 Å². The Bertz CT molecular complexity index is 533. The molecule has 18 heavy (non-hydrogen) atoms. The van der Waals surface area contributed by atoms with E-state index in [1.807, 2.05) is 6.92 Å². The minimum Gasteiger partial charge on any atom is -0.428 e. The monoisotopic (exact) mass is 244 g/mol. The van der Waals surface area contributed by atoms with E-state index in [1.165, 1.54) is 5.56 Å². The molecule has 2 N–H and O–H groups in total. The Balaban J connectivity index is 2.40. The van der Waals surface area contributed by atoms with E-state index in [4.69, 9.17) is 10.2 Å². The van der Waals surface area contributed by atoms with Crippen LogP contribution < -0.4 is 5.73 Å². The van der Waals surface area contributed by atoms with Gasteiger partial charge in [0.05, 0.1) is 0 Å². The molecule has 1 aromatic heterocycles. The molecule has 2 rings (SSSR count). The maximum Gasteiger partial charge on any atom is 0.292 e. The van der Waals surface area contributed by atoms with E-state index in [1.54, 1.807) is 0 Å². The normalized spacial score (nSPS) is 11.8. The SMILES string of the molecule is CCc1oc(N)nc1-c1ccc(C(C)(C)C)cc1. The fourth-order valence-corrected chi connectivity index (χ4v) is 1.96. The number of benzene rings is 1. The summed E-state index contributed by atoms with van der Waals surface area (Å²) in [6, 6.07) is 8.68. The van der Waals surface area contributed by atoms with Crippen LogP contribution in [0.25, 0.3) is 11.3 Å². The predicted molar refractivity (Wildman–Crippen MR) is 74.4 cm³/mol. The van der Waals surface area contributed by atoms with Crippen molar-refractivity contribution in [1.82, 2.24) is 4.98 Å². The Hall–Kier alpha value is -1.77. The molecule has 0 fully saturated rings. The van der Waals surface area contributed by atoms with Gasteiger partial charge in [0.15, 0.2) is 0 Å². The van der Waals surface area contributed by atoms with E-state index in [0.29, 0.717) is 0 Å². The molecule has 1 heterocycles. The molecule has 0 aliphatic rings. The van der Waals surface area contributed by atoms with Crippen molar-refractivity contribution in [2.24, 2.45) is 0 Å². The van der Waals surface area contributed by atoms with E-state index >= 15 is 0 Å². The lowest BCUT2D eigenvalue weighted by Gasteiger charge is -2.18. The summed E-state index contributed by atoms with van der Waals surface area (Å²) in [6.07, 6.45) is 0.792. The van der Waals surface area contributed by atoms with Crippen LogP contribution >= 0.6 is 0 Å². The number of nitrogens with two attached hydrogens (primary N) is 1. The van der Waals surface area contributed by atoms with Crippen LogP contribution in [-0.2, 0) is 11.8 Å². The van der Waals surface area contributed by atoms with Gasteiger partial charge in [-0.15, -0.1) is 0 Å². The van der Waals surface area contributed by atoms with Crippen LogP contribution in [0, 0.1) is 0 Å². The van der Waals surface area contributed by atoms with Crippen LogP contribution in [0.4, 0.5) is 6.01 Å². The summed E-state index contributed by atoms with van der Waals surface area (Å²) in [7, 11) is 0. The first-order valence-corrected chi connectivity index (χ1v) is 6.28. The Morgan fingerprint density at radius 2 is 1.78 bits per heavy atom. The second-order valence-electron chi connectivity index (χ2n) is 5.50. The van der Waals surface area contributed by atoms with Gasteiger partial charge in [0.25, 0.3) is 6.01 Å². The van der Waals surface area contributed by atoms with Gasteiger partial charge in [0, 0.05) is 12.0 Å². The number of anilines is 1. The Kier molecular flexibility index (Phi) is 3.16. The molecule has 0 spiro atoms. The average molecular weight is 244 g/mol. The average Bonchev–Trinajstić information content (AvgIpc) is 2.69. The third-order valence-corrected chi connectivity index (χ3v) is 3.06. The van der Waals surface area contributed by atoms with Gasteiger partial charge in [-0.25, -0.2) is 0 Å². The van der Waals surface area contributed by atoms with Crippen molar-refractivity contribution >= 4 is 6.01 Å². The Morgan fingerprint density at radius 1 is 1.17 bits per heavy atom. The molecule has 0 atom stereocenters. The number of hydrogen-bond acceptors (Lipinski definition) is 3. The molecule has 0 aliphatic carbocycles. The maximum absolute atomic E-state index is 5.61. The third kappa shape index (κ3) is 2.40. The van der Waals surface area contributed by atoms with Gasteiger partial charge >= 0.3 is 0 Å². The summed E-state index contributed by atoms with van der Waals surface area (Å²) in [5, 5.41) is 0. The van der Waals surface area contributed by atoms with Crippen molar-refractivity contribution in [3.63, 3.8) is 0 Å². The highest BCUT2D eigenvalue weighted by Crippen LogP contribution is 2.28. The quantitative estimate of drug-likeness (QED) is 0.874. The molecule has 0 saturated carbocycles. The van der Waals surface area contributed by atoms with Crippen LogP contribution in [0.1, 0.15) is 39.0 Å². The van der Waals surface area contributed by atoms with E-state index < -0.39 is 0 Å². The summed E-state index contributed by atoms with van der Waals surface area (Å²) < 4.78 is 5.38. The van der Waals surface area contributed by atoms with Crippen molar-refractivity contribution in [2.75, 3.05) is 5.73 Å². The molecule has 0 radical (unpaired) electrons. The third-order valence-electron chi connectivity index (χ3n) is 3.06. The fourth-order valence-electron chi connectivity index (χ4n) is 1.96. The van der Waals surface area contributed by atoms with Crippen LogP contribution in [0.2, 0.25) is 0 Å². The molecule has 0 aliphatic heterocycles. The largest absolute Gasteiger partial charge is 0.428 e. The second kappa shape index (κ2) is 4.48. The van der Waals surface area contributed by atoms with E-state index in [2.05, 4.69) is 50.0 Å².